The smallest absolute Gasteiger partial charge is 0.338 e. The summed E-state index contributed by atoms with van der Waals surface area (Å²) in [4.78, 5) is 25.1. The van der Waals surface area contributed by atoms with E-state index in [9.17, 15) is 14.0 Å². The fraction of sp³-hybridized carbons (Fsp3) is 0.308. The Morgan fingerprint density at radius 3 is 2.32 bits per heavy atom. The van der Waals surface area contributed by atoms with Gasteiger partial charge in [0.05, 0.1) is 19.3 Å². The lowest BCUT2D eigenvalue weighted by Crippen LogP contribution is -2.40. The first kappa shape index (κ1) is 25.9. The summed E-state index contributed by atoms with van der Waals surface area (Å²) in [5, 5.41) is 1.47. The second-order valence-corrected chi connectivity index (χ2v) is 15.0. The Bertz CT molecular complexity index is 1280. The molecule has 34 heavy (non-hydrogen) atoms. The number of esters is 1. The summed E-state index contributed by atoms with van der Waals surface area (Å²) in [7, 11) is -0.829. The number of hydrogen-bond donors (Lipinski definition) is 1. The zero-order valence-corrected chi connectivity index (χ0v) is 22.0. The van der Waals surface area contributed by atoms with E-state index in [1.54, 1.807) is 18.2 Å². The van der Waals surface area contributed by atoms with E-state index in [-0.39, 0.29) is 22.8 Å². The van der Waals surface area contributed by atoms with Crippen molar-refractivity contribution in [1.29, 1.82) is 0 Å². The fourth-order valence-electron chi connectivity index (χ4n) is 3.49. The molecule has 3 rings (SSSR count). The van der Waals surface area contributed by atoms with Gasteiger partial charge in [-0.25, -0.2) is 9.18 Å². The molecule has 0 aliphatic heterocycles. The Morgan fingerprint density at radius 2 is 1.74 bits per heavy atom. The lowest BCUT2D eigenvalue weighted by atomic mass is 9.89. The number of amides is 1. The van der Waals surface area contributed by atoms with E-state index < -0.39 is 26.0 Å². The van der Waals surface area contributed by atoms with Crippen molar-refractivity contribution in [3.8, 4) is 11.1 Å². The predicted octanol–water partition coefficient (Wildman–Crippen LogP) is 6.71. The van der Waals surface area contributed by atoms with Gasteiger partial charge in [0.25, 0.3) is 0 Å². The van der Waals surface area contributed by atoms with Crippen molar-refractivity contribution >= 4 is 42.6 Å². The molecule has 180 valence electrons. The number of primary amides is 1. The first-order valence-corrected chi connectivity index (χ1v) is 14.1. The third-order valence-electron chi connectivity index (χ3n) is 6.50. The van der Waals surface area contributed by atoms with Gasteiger partial charge in [0.2, 0.25) is 5.91 Å². The third-order valence-corrected chi connectivity index (χ3v) is 11.3. The van der Waals surface area contributed by atoms with Crippen LogP contribution in [0.2, 0.25) is 23.2 Å². The highest BCUT2D eigenvalue weighted by atomic mass is 35.5. The normalized spacial score (nSPS) is 12.1. The highest BCUT2D eigenvalue weighted by Crippen LogP contribution is 2.40. The molecule has 0 spiro atoms. The molecule has 0 saturated carbocycles. The average molecular weight is 502 g/mol. The molecule has 0 bridgehead atoms. The number of nitrogens with two attached hydrogens (primary N) is 1. The minimum absolute atomic E-state index is 0.00684. The predicted molar refractivity (Wildman–Crippen MR) is 136 cm³/mol. The Labute approximate surface area is 205 Å². The fourth-order valence-corrected chi connectivity index (χ4v) is 4.65. The molecule has 8 heteroatoms. The quantitative estimate of drug-likeness (QED) is 0.301. The standard InChI is InChI=1S/C26H29ClFNO4Si/c1-26(2,3)34(5,6)33-14-16-12-20(21(13-22(16)27)25(31)32-4)23-18-10-8-17(28)11-15(18)7-9-19(23)24(29)30/h7-13H,14H2,1-6H3,(H2,29,30). The topological polar surface area (TPSA) is 78.6 Å². The lowest BCUT2D eigenvalue weighted by Gasteiger charge is -2.36. The van der Waals surface area contributed by atoms with Crippen LogP contribution in [0.25, 0.3) is 21.9 Å². The minimum atomic E-state index is -2.09. The number of ether oxygens (including phenoxy) is 1. The largest absolute Gasteiger partial charge is 0.465 e. The summed E-state index contributed by atoms with van der Waals surface area (Å²) in [6.07, 6.45) is 0. The van der Waals surface area contributed by atoms with E-state index in [0.717, 1.165) is 0 Å². The van der Waals surface area contributed by atoms with Gasteiger partial charge in [-0.2, -0.15) is 0 Å². The number of hydrogen-bond acceptors (Lipinski definition) is 4. The number of methoxy groups -OCH3 is 1. The zero-order chi connectivity index (χ0) is 25.4. The number of rotatable bonds is 6. The van der Waals surface area contributed by atoms with Crippen LogP contribution in [0.1, 0.15) is 47.1 Å². The van der Waals surface area contributed by atoms with Gasteiger partial charge in [-0.3, -0.25) is 4.79 Å². The number of carbonyl (C=O) groups excluding carboxylic acids is 2. The van der Waals surface area contributed by atoms with Gasteiger partial charge in [-0.05, 0) is 70.4 Å². The van der Waals surface area contributed by atoms with E-state index in [1.807, 2.05) is 0 Å². The lowest BCUT2D eigenvalue weighted by molar-refractivity contribution is 0.0601. The van der Waals surface area contributed by atoms with E-state index in [2.05, 4.69) is 33.9 Å². The van der Waals surface area contributed by atoms with Gasteiger partial charge in [0.1, 0.15) is 5.82 Å². The Hall–Kier alpha value is -2.74. The van der Waals surface area contributed by atoms with Gasteiger partial charge in [-0.15, -0.1) is 0 Å². The maximum absolute atomic E-state index is 13.9. The Morgan fingerprint density at radius 1 is 1.06 bits per heavy atom. The van der Waals surface area contributed by atoms with Gasteiger partial charge in [0, 0.05) is 16.1 Å². The van der Waals surface area contributed by atoms with Crippen LogP contribution in [0.15, 0.2) is 42.5 Å². The summed E-state index contributed by atoms with van der Waals surface area (Å²) >= 11 is 6.56. The Balaban J connectivity index is 2.29. The van der Waals surface area contributed by atoms with Crippen molar-refractivity contribution in [1.82, 2.24) is 0 Å². The molecule has 0 radical (unpaired) electrons. The molecule has 0 atom stereocenters. The van der Waals surface area contributed by atoms with Crippen molar-refractivity contribution in [3.63, 3.8) is 0 Å². The highest BCUT2D eigenvalue weighted by molar-refractivity contribution is 6.74. The molecular formula is C26H29ClFNO4Si. The van der Waals surface area contributed by atoms with Crippen LogP contribution < -0.4 is 5.73 Å². The van der Waals surface area contributed by atoms with Crippen LogP contribution in [0, 0.1) is 5.82 Å². The molecule has 0 heterocycles. The molecule has 1 amide bonds. The van der Waals surface area contributed by atoms with Crippen molar-refractivity contribution < 1.29 is 23.1 Å². The van der Waals surface area contributed by atoms with Crippen LogP contribution in [0.3, 0.4) is 0 Å². The van der Waals surface area contributed by atoms with Crippen LogP contribution >= 0.6 is 11.6 Å². The van der Waals surface area contributed by atoms with Gasteiger partial charge in [0.15, 0.2) is 8.32 Å². The first-order valence-electron chi connectivity index (χ1n) is 10.8. The van der Waals surface area contributed by atoms with Gasteiger partial charge in [-0.1, -0.05) is 44.5 Å². The summed E-state index contributed by atoms with van der Waals surface area (Å²) < 4.78 is 25.3. The summed E-state index contributed by atoms with van der Waals surface area (Å²) in [6, 6.07) is 10.6. The number of fused-ring (bicyclic) bond motifs is 1. The summed E-state index contributed by atoms with van der Waals surface area (Å²) in [5.41, 5.74) is 7.54. The molecule has 0 aromatic heterocycles. The van der Waals surface area contributed by atoms with E-state index in [4.69, 9.17) is 26.5 Å². The number of benzene rings is 3. The second kappa shape index (κ2) is 9.48. The molecule has 0 fully saturated rings. The number of carbonyl (C=O) groups is 2. The molecule has 5 nitrogen and oxygen atoms in total. The molecule has 0 aliphatic rings. The van der Waals surface area contributed by atoms with Gasteiger partial charge >= 0.3 is 5.97 Å². The summed E-state index contributed by atoms with van der Waals surface area (Å²) in [5.74, 6) is -1.72. The van der Waals surface area contributed by atoms with Gasteiger partial charge < -0.3 is 14.9 Å². The van der Waals surface area contributed by atoms with E-state index in [1.165, 1.54) is 31.4 Å². The summed E-state index contributed by atoms with van der Waals surface area (Å²) in [6.45, 7) is 10.9. The first-order chi connectivity index (χ1) is 15.8. The molecule has 2 N–H and O–H groups in total. The molecule has 0 unspecified atom stereocenters. The zero-order valence-electron chi connectivity index (χ0n) is 20.2. The minimum Gasteiger partial charge on any atom is -0.465 e. The second-order valence-electron chi connectivity index (χ2n) is 9.75. The maximum atomic E-state index is 13.9. The third kappa shape index (κ3) is 5.01. The molecule has 0 aliphatic carbocycles. The molecule has 0 saturated heterocycles. The molecule has 3 aromatic carbocycles. The van der Waals surface area contributed by atoms with E-state index in [0.29, 0.717) is 32.5 Å². The van der Waals surface area contributed by atoms with Crippen molar-refractivity contribution in [2.24, 2.45) is 5.73 Å². The van der Waals surface area contributed by atoms with Crippen LogP contribution in [-0.4, -0.2) is 27.3 Å². The van der Waals surface area contributed by atoms with E-state index >= 15 is 0 Å². The average Bonchev–Trinajstić information content (AvgIpc) is 2.75. The monoisotopic (exact) mass is 501 g/mol. The highest BCUT2D eigenvalue weighted by Gasteiger charge is 2.37. The maximum Gasteiger partial charge on any atom is 0.338 e. The molecule has 3 aromatic rings. The van der Waals surface area contributed by atoms with Crippen LogP contribution in [0.5, 0.6) is 0 Å². The molecular weight excluding hydrogens is 473 g/mol. The number of halogens is 2. The van der Waals surface area contributed by atoms with Crippen LogP contribution in [-0.2, 0) is 15.8 Å². The van der Waals surface area contributed by atoms with Crippen molar-refractivity contribution in [2.45, 2.75) is 45.5 Å². The van der Waals surface area contributed by atoms with Crippen LogP contribution in [0.4, 0.5) is 4.39 Å². The van der Waals surface area contributed by atoms with Crippen molar-refractivity contribution in [2.75, 3.05) is 7.11 Å². The van der Waals surface area contributed by atoms with Crippen molar-refractivity contribution in [3.05, 3.63) is 70.0 Å². The SMILES string of the molecule is COC(=O)c1cc(Cl)c(CO[Si](C)(C)C(C)(C)C)cc1-c1c(C(N)=O)ccc2cc(F)ccc12. The Kier molecular flexibility index (Phi) is 7.22.